The van der Waals surface area contributed by atoms with Gasteiger partial charge in [-0.1, -0.05) is 38.1 Å². The molecule has 0 saturated heterocycles. The molecule has 106 valence electrons. The summed E-state index contributed by atoms with van der Waals surface area (Å²) >= 11 is 0. The number of carbonyl (C=O) groups excluding carboxylic acids is 1. The minimum Gasteiger partial charge on any atom is -0.352 e. The lowest BCUT2D eigenvalue weighted by Crippen LogP contribution is -2.45. The van der Waals surface area contributed by atoms with Crippen LogP contribution in [0.3, 0.4) is 0 Å². The van der Waals surface area contributed by atoms with Gasteiger partial charge in [0.15, 0.2) is 0 Å². The molecule has 3 nitrogen and oxygen atoms in total. The SMILES string of the molecule is CCc1ccccc1CNC(C)C(=O)NC(C)CC. The van der Waals surface area contributed by atoms with Crippen molar-refractivity contribution in [1.29, 1.82) is 0 Å². The van der Waals surface area contributed by atoms with Gasteiger partial charge in [0.05, 0.1) is 6.04 Å². The summed E-state index contributed by atoms with van der Waals surface area (Å²) in [5.74, 6) is 0.0725. The van der Waals surface area contributed by atoms with Gasteiger partial charge in [-0.05, 0) is 37.8 Å². The molecule has 0 spiro atoms. The number of nitrogens with one attached hydrogen (secondary N) is 2. The summed E-state index contributed by atoms with van der Waals surface area (Å²) in [5.41, 5.74) is 2.61. The average Bonchev–Trinajstić information content (AvgIpc) is 2.44. The normalized spacial score (nSPS) is 13.9. The summed E-state index contributed by atoms with van der Waals surface area (Å²) < 4.78 is 0. The lowest BCUT2D eigenvalue weighted by atomic mass is 10.1. The monoisotopic (exact) mass is 262 g/mol. The summed E-state index contributed by atoms with van der Waals surface area (Å²) in [6.07, 6.45) is 1.97. The molecule has 0 aliphatic rings. The Morgan fingerprint density at radius 3 is 2.37 bits per heavy atom. The van der Waals surface area contributed by atoms with E-state index < -0.39 is 0 Å². The number of aryl methyl sites for hydroxylation is 1. The Balaban J connectivity index is 2.49. The zero-order chi connectivity index (χ0) is 14.3. The second-order valence-corrected chi connectivity index (χ2v) is 5.04. The molecule has 0 bridgehead atoms. The van der Waals surface area contributed by atoms with Crippen LogP contribution in [-0.4, -0.2) is 18.0 Å². The zero-order valence-electron chi connectivity index (χ0n) is 12.5. The maximum atomic E-state index is 11.9. The van der Waals surface area contributed by atoms with Gasteiger partial charge in [0.1, 0.15) is 0 Å². The van der Waals surface area contributed by atoms with E-state index in [0.717, 1.165) is 19.4 Å². The van der Waals surface area contributed by atoms with Crippen LogP contribution in [0.5, 0.6) is 0 Å². The van der Waals surface area contributed by atoms with Crippen LogP contribution < -0.4 is 10.6 Å². The van der Waals surface area contributed by atoms with E-state index in [4.69, 9.17) is 0 Å². The van der Waals surface area contributed by atoms with Crippen molar-refractivity contribution in [3.63, 3.8) is 0 Å². The predicted octanol–water partition coefficient (Wildman–Crippen LogP) is 2.64. The Labute approximate surface area is 116 Å². The molecule has 1 aromatic carbocycles. The highest BCUT2D eigenvalue weighted by Crippen LogP contribution is 2.09. The van der Waals surface area contributed by atoms with E-state index in [-0.39, 0.29) is 18.0 Å². The lowest BCUT2D eigenvalue weighted by molar-refractivity contribution is -0.123. The maximum Gasteiger partial charge on any atom is 0.237 e. The summed E-state index contributed by atoms with van der Waals surface area (Å²) in [6, 6.07) is 8.42. The van der Waals surface area contributed by atoms with Crippen LogP contribution in [0.25, 0.3) is 0 Å². The smallest absolute Gasteiger partial charge is 0.237 e. The zero-order valence-corrected chi connectivity index (χ0v) is 12.5. The van der Waals surface area contributed by atoms with Crippen molar-refractivity contribution in [2.75, 3.05) is 0 Å². The summed E-state index contributed by atoms with van der Waals surface area (Å²) in [7, 11) is 0. The molecule has 0 aromatic heterocycles. The van der Waals surface area contributed by atoms with E-state index in [2.05, 4.69) is 42.7 Å². The lowest BCUT2D eigenvalue weighted by Gasteiger charge is -2.18. The predicted molar refractivity (Wildman–Crippen MR) is 80.0 cm³/mol. The first-order valence-corrected chi connectivity index (χ1v) is 7.19. The summed E-state index contributed by atoms with van der Waals surface area (Å²) in [6.45, 7) is 8.89. The van der Waals surface area contributed by atoms with E-state index >= 15 is 0 Å². The minimum absolute atomic E-state index is 0.0725. The van der Waals surface area contributed by atoms with Crippen molar-refractivity contribution in [3.8, 4) is 0 Å². The first-order chi connectivity index (χ1) is 9.08. The third-order valence-electron chi connectivity index (χ3n) is 3.49. The highest BCUT2D eigenvalue weighted by Gasteiger charge is 2.14. The van der Waals surface area contributed by atoms with Gasteiger partial charge >= 0.3 is 0 Å². The van der Waals surface area contributed by atoms with Crippen LogP contribution in [0.15, 0.2) is 24.3 Å². The summed E-state index contributed by atoms with van der Waals surface area (Å²) in [5, 5.41) is 6.28. The third-order valence-corrected chi connectivity index (χ3v) is 3.49. The van der Waals surface area contributed by atoms with Crippen LogP contribution in [0, 0.1) is 0 Å². The second kappa shape index (κ2) is 7.95. The Kier molecular flexibility index (Phi) is 6.57. The fourth-order valence-corrected chi connectivity index (χ4v) is 1.90. The first-order valence-electron chi connectivity index (χ1n) is 7.19. The van der Waals surface area contributed by atoms with Gasteiger partial charge in [0, 0.05) is 12.6 Å². The quantitative estimate of drug-likeness (QED) is 0.793. The fourth-order valence-electron chi connectivity index (χ4n) is 1.90. The van der Waals surface area contributed by atoms with Crippen LogP contribution in [0.2, 0.25) is 0 Å². The number of rotatable bonds is 7. The van der Waals surface area contributed by atoms with Crippen molar-refractivity contribution in [1.82, 2.24) is 10.6 Å². The molecule has 0 saturated carbocycles. The van der Waals surface area contributed by atoms with Gasteiger partial charge in [-0.2, -0.15) is 0 Å². The van der Waals surface area contributed by atoms with E-state index in [1.165, 1.54) is 11.1 Å². The molecule has 2 atom stereocenters. The molecule has 1 rings (SSSR count). The maximum absolute atomic E-state index is 11.9. The van der Waals surface area contributed by atoms with Crippen LogP contribution in [0.4, 0.5) is 0 Å². The van der Waals surface area contributed by atoms with Crippen molar-refractivity contribution in [2.45, 2.75) is 59.2 Å². The molecule has 0 fully saturated rings. The minimum atomic E-state index is -0.168. The highest BCUT2D eigenvalue weighted by molar-refractivity contribution is 5.81. The number of benzene rings is 1. The van der Waals surface area contributed by atoms with Crippen LogP contribution >= 0.6 is 0 Å². The molecule has 0 aliphatic carbocycles. The van der Waals surface area contributed by atoms with Crippen molar-refractivity contribution >= 4 is 5.91 Å². The largest absolute Gasteiger partial charge is 0.352 e. The molecular formula is C16H26N2O. The molecule has 0 heterocycles. The van der Waals surface area contributed by atoms with Crippen molar-refractivity contribution < 1.29 is 4.79 Å². The second-order valence-electron chi connectivity index (χ2n) is 5.04. The van der Waals surface area contributed by atoms with Gasteiger partial charge in [-0.15, -0.1) is 0 Å². The van der Waals surface area contributed by atoms with Crippen molar-refractivity contribution in [3.05, 3.63) is 35.4 Å². The first kappa shape index (κ1) is 15.7. The van der Waals surface area contributed by atoms with Gasteiger partial charge in [-0.25, -0.2) is 0 Å². The van der Waals surface area contributed by atoms with Gasteiger partial charge in [0.2, 0.25) is 5.91 Å². The molecule has 2 unspecified atom stereocenters. The molecular weight excluding hydrogens is 236 g/mol. The third kappa shape index (κ3) is 5.03. The molecule has 0 radical (unpaired) electrons. The number of carbonyl (C=O) groups is 1. The van der Waals surface area contributed by atoms with E-state index in [1.54, 1.807) is 0 Å². The number of hydrogen-bond acceptors (Lipinski definition) is 2. The topological polar surface area (TPSA) is 41.1 Å². The molecule has 1 amide bonds. The standard InChI is InChI=1S/C16H26N2O/c1-5-12(3)18-16(19)13(4)17-11-15-10-8-7-9-14(15)6-2/h7-10,12-13,17H,5-6,11H2,1-4H3,(H,18,19). The fraction of sp³-hybridized carbons (Fsp3) is 0.562. The Morgan fingerprint density at radius 1 is 1.16 bits per heavy atom. The van der Waals surface area contributed by atoms with E-state index in [1.807, 2.05) is 19.9 Å². The Morgan fingerprint density at radius 2 is 1.79 bits per heavy atom. The van der Waals surface area contributed by atoms with Gasteiger partial charge in [0.25, 0.3) is 0 Å². The van der Waals surface area contributed by atoms with Gasteiger partial charge in [-0.3, -0.25) is 4.79 Å². The Bertz CT molecular complexity index is 403. The van der Waals surface area contributed by atoms with E-state index in [9.17, 15) is 4.79 Å². The highest BCUT2D eigenvalue weighted by atomic mass is 16.2. The molecule has 19 heavy (non-hydrogen) atoms. The van der Waals surface area contributed by atoms with Gasteiger partial charge < -0.3 is 10.6 Å². The molecule has 0 aliphatic heterocycles. The molecule has 1 aromatic rings. The molecule has 2 N–H and O–H groups in total. The summed E-state index contributed by atoms with van der Waals surface area (Å²) in [4.78, 5) is 11.9. The van der Waals surface area contributed by atoms with Crippen molar-refractivity contribution in [2.24, 2.45) is 0 Å². The number of amides is 1. The Hall–Kier alpha value is -1.35. The van der Waals surface area contributed by atoms with E-state index in [0.29, 0.717) is 0 Å². The van der Waals surface area contributed by atoms with Crippen LogP contribution in [-0.2, 0) is 17.8 Å². The average molecular weight is 262 g/mol. The number of hydrogen-bond donors (Lipinski definition) is 2. The van der Waals surface area contributed by atoms with Crippen LogP contribution in [0.1, 0.15) is 45.2 Å². The molecule has 3 heteroatoms.